The van der Waals surface area contributed by atoms with Gasteiger partial charge in [0.05, 0.1) is 54.2 Å². The van der Waals surface area contributed by atoms with Gasteiger partial charge in [0.1, 0.15) is 38.5 Å². The number of aliphatic hydroxyl groups excluding tert-OH is 2. The first-order valence-corrected chi connectivity index (χ1v) is 8.95. The van der Waals surface area contributed by atoms with E-state index in [1.807, 2.05) is 0 Å². The molecular formula is C18H36N2O10. The third-order valence-corrected chi connectivity index (χ3v) is 2.92. The molecule has 2 N–H and O–H groups in total. The van der Waals surface area contributed by atoms with E-state index in [0.717, 1.165) is 22.1 Å². The number of hydrogen-bond acceptors (Lipinski definition) is 10. The number of carbonyl (C=O) groups excluding carboxylic acids is 4. The lowest BCUT2D eigenvalue weighted by Gasteiger charge is -2.23. The number of carboxylic acids is 2. The fraction of sp³-hybridized carbons (Fsp3) is 0.778. The van der Waals surface area contributed by atoms with Crippen molar-refractivity contribution in [3.8, 4) is 0 Å². The maximum absolute atomic E-state index is 10.3. The molecule has 0 spiro atoms. The normalized spacial score (nSPS) is 12.7. The molecule has 30 heavy (non-hydrogen) atoms. The second kappa shape index (κ2) is 15.5. The van der Waals surface area contributed by atoms with E-state index < -0.39 is 24.1 Å². The Balaban J connectivity index is -0.000000364. The van der Waals surface area contributed by atoms with Crippen LogP contribution in [0.2, 0.25) is 0 Å². The highest BCUT2D eigenvalue weighted by molar-refractivity contribution is 5.80. The van der Waals surface area contributed by atoms with Gasteiger partial charge in [-0.25, -0.2) is 0 Å². The van der Waals surface area contributed by atoms with Crippen LogP contribution in [0.25, 0.3) is 0 Å². The van der Waals surface area contributed by atoms with Gasteiger partial charge in [-0.1, -0.05) is 0 Å². The van der Waals surface area contributed by atoms with Crippen LogP contribution < -0.4 is 10.2 Å². The van der Waals surface area contributed by atoms with Crippen molar-refractivity contribution in [2.45, 2.75) is 26.1 Å². The van der Waals surface area contributed by atoms with Gasteiger partial charge < -0.3 is 48.5 Å². The molecule has 0 amide bonds. The third-order valence-electron chi connectivity index (χ3n) is 2.92. The molecule has 0 aliphatic carbocycles. The predicted molar refractivity (Wildman–Crippen MR) is 101 cm³/mol. The van der Waals surface area contributed by atoms with Crippen molar-refractivity contribution in [3.63, 3.8) is 0 Å². The average Bonchev–Trinajstić information content (AvgIpc) is 2.51. The molecule has 0 aromatic heterocycles. The van der Waals surface area contributed by atoms with E-state index in [4.69, 9.17) is 19.7 Å². The molecule has 0 bridgehead atoms. The van der Waals surface area contributed by atoms with Crippen molar-refractivity contribution in [1.29, 1.82) is 0 Å². The first-order chi connectivity index (χ1) is 13.3. The Bertz CT molecular complexity index is 490. The van der Waals surface area contributed by atoms with Crippen LogP contribution in [0.3, 0.4) is 0 Å². The summed E-state index contributed by atoms with van der Waals surface area (Å²) in [4.78, 5) is 39.9. The Morgan fingerprint density at radius 2 is 0.933 bits per heavy atom. The van der Waals surface area contributed by atoms with Crippen LogP contribution in [0.15, 0.2) is 0 Å². The lowest BCUT2D eigenvalue weighted by Crippen LogP contribution is -2.51. The topological polar surface area (TPSA) is 173 Å². The first-order valence-electron chi connectivity index (χ1n) is 8.95. The number of likely N-dealkylation sites (N-methyl/N-ethyl adjacent to an activating group) is 2. The van der Waals surface area contributed by atoms with Crippen molar-refractivity contribution in [1.82, 2.24) is 0 Å². The number of hydrogen-bond donors (Lipinski definition) is 2. The summed E-state index contributed by atoms with van der Waals surface area (Å²) in [5.41, 5.74) is 0. The van der Waals surface area contributed by atoms with Gasteiger partial charge >= 0.3 is 11.9 Å². The Morgan fingerprint density at radius 3 is 1.07 bits per heavy atom. The van der Waals surface area contributed by atoms with Gasteiger partial charge in [0.15, 0.2) is 0 Å². The Kier molecular flexibility index (Phi) is 16.8. The average molecular weight is 440 g/mol. The van der Waals surface area contributed by atoms with Crippen LogP contribution in [-0.2, 0) is 28.7 Å². The Morgan fingerprint density at radius 1 is 0.700 bits per heavy atom. The fourth-order valence-corrected chi connectivity index (χ4v) is 1.18. The Hall–Kier alpha value is -2.28. The SMILES string of the molecule is CC(=O)OCC[N+](C)(C)C.CC(=O)OCC[N+](C)(C)C.O=C([O-])C(O)C(O)C(=O)[O-]. The van der Waals surface area contributed by atoms with Gasteiger partial charge in [-0.2, -0.15) is 0 Å². The molecule has 178 valence electrons. The highest BCUT2D eigenvalue weighted by Crippen LogP contribution is 1.90. The molecule has 0 heterocycles. The smallest absolute Gasteiger partial charge is 0.302 e. The number of carbonyl (C=O) groups is 4. The van der Waals surface area contributed by atoms with E-state index in [2.05, 4.69) is 42.3 Å². The second-order valence-corrected chi connectivity index (χ2v) is 8.24. The van der Waals surface area contributed by atoms with E-state index in [9.17, 15) is 29.4 Å². The zero-order chi connectivity index (χ0) is 24.7. The van der Waals surface area contributed by atoms with E-state index in [0.29, 0.717) is 13.2 Å². The number of rotatable bonds is 9. The number of nitrogens with zero attached hydrogens (tertiary/aromatic N) is 2. The summed E-state index contributed by atoms with van der Waals surface area (Å²) in [6, 6.07) is 0. The van der Waals surface area contributed by atoms with Gasteiger partial charge in [-0.05, 0) is 0 Å². The quantitative estimate of drug-likeness (QED) is 0.264. The molecule has 0 radical (unpaired) electrons. The number of aliphatic carboxylic acids is 2. The monoisotopic (exact) mass is 440 g/mol. The summed E-state index contributed by atoms with van der Waals surface area (Å²) < 4.78 is 11.2. The standard InChI is InChI=1S/2C7H16NO2.C4H6O6/c2*1-7(9)10-6-5-8(2,3)4;5-1(3(7)8)2(6)4(9)10/h2*5-6H2,1-4H3;1-2,5-6H,(H,7,8)(H,9,10)/q2*+1;/p-2. The van der Waals surface area contributed by atoms with E-state index in [-0.39, 0.29) is 11.9 Å². The van der Waals surface area contributed by atoms with Crippen molar-refractivity contribution >= 4 is 23.9 Å². The zero-order valence-electron chi connectivity index (χ0n) is 19.0. The third kappa shape index (κ3) is 27.9. The molecule has 0 saturated heterocycles. The molecule has 2 atom stereocenters. The maximum Gasteiger partial charge on any atom is 0.302 e. The summed E-state index contributed by atoms with van der Waals surface area (Å²) in [5.74, 6) is -4.52. The molecule has 12 nitrogen and oxygen atoms in total. The Labute approximate surface area is 177 Å². The van der Waals surface area contributed by atoms with Crippen LogP contribution in [-0.4, -0.2) is 124 Å². The largest absolute Gasteiger partial charge is 0.547 e. The molecule has 0 rings (SSSR count). The maximum atomic E-state index is 10.3. The summed E-state index contributed by atoms with van der Waals surface area (Å²) >= 11 is 0. The van der Waals surface area contributed by atoms with Crippen molar-refractivity contribution < 1.29 is 58.0 Å². The number of quaternary nitrogens is 2. The van der Waals surface area contributed by atoms with Crippen LogP contribution in [0.1, 0.15) is 13.8 Å². The number of ether oxygens (including phenoxy) is 2. The number of aliphatic hydroxyl groups is 2. The molecular weight excluding hydrogens is 404 g/mol. The van der Waals surface area contributed by atoms with Crippen LogP contribution in [0.4, 0.5) is 0 Å². The van der Waals surface area contributed by atoms with Crippen LogP contribution >= 0.6 is 0 Å². The molecule has 0 fully saturated rings. The first kappa shape index (κ1) is 32.4. The van der Waals surface area contributed by atoms with Gasteiger partial charge in [0.25, 0.3) is 0 Å². The minimum Gasteiger partial charge on any atom is -0.547 e. The highest BCUT2D eigenvalue weighted by Gasteiger charge is 2.17. The predicted octanol–water partition coefficient (Wildman–Crippen LogP) is -4.28. The van der Waals surface area contributed by atoms with Gasteiger partial charge in [-0.3, -0.25) is 9.59 Å². The molecule has 0 saturated carbocycles. The fourth-order valence-electron chi connectivity index (χ4n) is 1.18. The van der Waals surface area contributed by atoms with E-state index >= 15 is 0 Å². The molecule has 0 aromatic rings. The number of carboxylic acid groups (broad SMARTS) is 2. The second-order valence-electron chi connectivity index (χ2n) is 8.24. The summed E-state index contributed by atoms with van der Waals surface area (Å²) in [5, 5.41) is 35.7. The van der Waals surface area contributed by atoms with Gasteiger partial charge in [-0.15, -0.1) is 0 Å². The highest BCUT2D eigenvalue weighted by atomic mass is 16.5. The minimum absolute atomic E-state index is 0.201. The summed E-state index contributed by atoms with van der Waals surface area (Å²) in [7, 11) is 12.4. The molecule has 2 unspecified atom stereocenters. The van der Waals surface area contributed by atoms with Gasteiger partial charge in [0, 0.05) is 13.8 Å². The van der Waals surface area contributed by atoms with Crippen LogP contribution in [0, 0.1) is 0 Å². The van der Waals surface area contributed by atoms with Crippen molar-refractivity contribution in [3.05, 3.63) is 0 Å². The van der Waals surface area contributed by atoms with Crippen molar-refractivity contribution in [2.75, 3.05) is 68.6 Å². The number of esters is 2. The summed E-state index contributed by atoms with van der Waals surface area (Å²) in [6.45, 7) is 5.60. The van der Waals surface area contributed by atoms with Crippen molar-refractivity contribution in [2.24, 2.45) is 0 Å². The molecule has 0 aromatic carbocycles. The lowest BCUT2D eigenvalue weighted by molar-refractivity contribution is -0.870. The van der Waals surface area contributed by atoms with E-state index in [1.54, 1.807) is 0 Å². The minimum atomic E-state index is -2.44. The summed E-state index contributed by atoms with van der Waals surface area (Å²) in [6.07, 6.45) is -4.88. The van der Waals surface area contributed by atoms with E-state index in [1.165, 1.54) is 13.8 Å². The lowest BCUT2D eigenvalue weighted by atomic mass is 10.2. The zero-order valence-corrected chi connectivity index (χ0v) is 19.0. The van der Waals surface area contributed by atoms with Crippen LogP contribution in [0.5, 0.6) is 0 Å². The van der Waals surface area contributed by atoms with Gasteiger partial charge in [0.2, 0.25) is 0 Å². The molecule has 12 heteroatoms. The molecule has 0 aliphatic rings. The molecule has 0 aliphatic heterocycles.